The molecule has 38 heavy (non-hydrogen) atoms. The first kappa shape index (κ1) is 29.1. The van der Waals surface area contributed by atoms with Gasteiger partial charge in [-0.15, -0.1) is 0 Å². The first-order valence-electron chi connectivity index (χ1n) is 15.0. The molecular formula is C33H51NO4. The molecule has 5 aliphatic carbocycles. The van der Waals surface area contributed by atoms with E-state index in [1.807, 2.05) is 20.0 Å². The van der Waals surface area contributed by atoms with Crippen molar-refractivity contribution in [2.24, 2.45) is 45.3 Å². The smallest absolute Gasteiger partial charge is 0.290 e. The molecule has 1 heterocycles. The summed E-state index contributed by atoms with van der Waals surface area (Å²) in [5, 5.41) is 11.1. The molecule has 5 nitrogen and oxygen atoms in total. The van der Waals surface area contributed by atoms with Crippen molar-refractivity contribution in [1.29, 1.82) is 0 Å². The van der Waals surface area contributed by atoms with Gasteiger partial charge in [0.05, 0.1) is 6.20 Å². The Hall–Kier alpha value is -1.91. The van der Waals surface area contributed by atoms with Gasteiger partial charge in [0.15, 0.2) is 5.78 Å². The highest BCUT2D eigenvalue weighted by Gasteiger charge is 2.65. The van der Waals surface area contributed by atoms with Crippen LogP contribution in [0.4, 0.5) is 0 Å². The maximum atomic E-state index is 14.1. The lowest BCUT2D eigenvalue weighted by Crippen LogP contribution is -2.60. The summed E-state index contributed by atoms with van der Waals surface area (Å²) in [6.45, 7) is 20.8. The largest absolute Gasteiger partial charge is 0.483 e. The van der Waals surface area contributed by atoms with Crippen molar-refractivity contribution in [3.63, 3.8) is 0 Å². The summed E-state index contributed by atoms with van der Waals surface area (Å²) in [6.07, 6.45) is 13.8. The second kappa shape index (κ2) is 9.63. The van der Waals surface area contributed by atoms with Crippen molar-refractivity contribution in [2.45, 2.75) is 119 Å². The highest BCUT2D eigenvalue weighted by molar-refractivity contribution is 5.95. The van der Waals surface area contributed by atoms with Crippen LogP contribution in [0.15, 0.2) is 22.4 Å². The van der Waals surface area contributed by atoms with Crippen molar-refractivity contribution in [1.82, 2.24) is 5.16 Å². The van der Waals surface area contributed by atoms with E-state index in [2.05, 4.69) is 59.7 Å². The van der Waals surface area contributed by atoms with Gasteiger partial charge in [-0.25, -0.2) is 0 Å². The molecule has 0 radical (unpaired) electrons. The zero-order valence-corrected chi connectivity index (χ0v) is 25.3. The molecule has 1 aromatic rings. The minimum absolute atomic E-state index is 0.00225. The maximum absolute atomic E-state index is 14.1. The van der Waals surface area contributed by atoms with Crippen LogP contribution >= 0.6 is 0 Å². The molecule has 7 unspecified atom stereocenters. The maximum Gasteiger partial charge on any atom is 0.290 e. The number of aromatic nitrogens is 1. The monoisotopic (exact) mass is 525 g/mol. The van der Waals surface area contributed by atoms with Gasteiger partial charge in [0.25, 0.3) is 6.47 Å². The van der Waals surface area contributed by atoms with Crippen LogP contribution in [0.3, 0.4) is 0 Å². The topological polar surface area (TPSA) is 80.4 Å². The summed E-state index contributed by atoms with van der Waals surface area (Å²) < 4.78 is 5.79. The van der Waals surface area contributed by atoms with Gasteiger partial charge in [-0.05, 0) is 96.9 Å². The molecule has 6 rings (SSSR count). The van der Waals surface area contributed by atoms with Crippen LogP contribution in [0.2, 0.25) is 0 Å². The number of carboxylic acid groups (broad SMARTS) is 1. The molecule has 0 saturated heterocycles. The van der Waals surface area contributed by atoms with Crippen LogP contribution in [-0.4, -0.2) is 22.5 Å². The zero-order valence-electron chi connectivity index (χ0n) is 25.3. The second-order valence-electron chi connectivity index (χ2n) is 14.9. The quantitative estimate of drug-likeness (QED) is 0.347. The van der Waals surface area contributed by atoms with Crippen LogP contribution in [0.1, 0.15) is 119 Å². The average Bonchev–Trinajstić information content (AvgIpc) is 3.31. The number of hydrogen-bond acceptors (Lipinski definition) is 4. The molecule has 5 aliphatic rings. The third-order valence-corrected chi connectivity index (χ3v) is 12.0. The van der Waals surface area contributed by atoms with Crippen molar-refractivity contribution >= 4 is 12.3 Å². The SMILES string of the molecule is CC.CC1(C)CCC2(C)CCC3C(C(=O)C=C4C3(C)CCC3C4(C)Cc4cnoc4C3(C)C)C2C1.O=CO. The molecule has 212 valence electrons. The van der Waals surface area contributed by atoms with Crippen molar-refractivity contribution in [2.75, 3.05) is 0 Å². The fourth-order valence-electron chi connectivity index (χ4n) is 10.2. The van der Waals surface area contributed by atoms with Crippen molar-refractivity contribution in [3.8, 4) is 0 Å². The third kappa shape index (κ3) is 4.13. The Bertz CT molecular complexity index is 1100. The summed E-state index contributed by atoms with van der Waals surface area (Å²) in [5.74, 6) is 3.28. The average molecular weight is 526 g/mol. The van der Waals surface area contributed by atoms with E-state index in [9.17, 15) is 4.79 Å². The Morgan fingerprint density at radius 2 is 1.61 bits per heavy atom. The minimum atomic E-state index is -0.250. The van der Waals surface area contributed by atoms with E-state index in [0.29, 0.717) is 34.4 Å². The zero-order chi connectivity index (χ0) is 28.3. The van der Waals surface area contributed by atoms with E-state index in [0.717, 1.165) is 12.2 Å². The van der Waals surface area contributed by atoms with E-state index in [1.165, 1.54) is 56.1 Å². The predicted molar refractivity (Wildman–Crippen MR) is 151 cm³/mol. The van der Waals surface area contributed by atoms with Crippen molar-refractivity contribution in [3.05, 3.63) is 29.2 Å². The van der Waals surface area contributed by atoms with Crippen LogP contribution in [-0.2, 0) is 21.4 Å². The summed E-state index contributed by atoms with van der Waals surface area (Å²) in [4.78, 5) is 22.5. The number of fused-ring (bicyclic) bond motifs is 8. The summed E-state index contributed by atoms with van der Waals surface area (Å²) >= 11 is 0. The Kier molecular flexibility index (Phi) is 7.37. The lowest BCUT2D eigenvalue weighted by molar-refractivity contribution is -0.145. The molecule has 5 heteroatoms. The van der Waals surface area contributed by atoms with Crippen LogP contribution < -0.4 is 0 Å². The fourth-order valence-corrected chi connectivity index (χ4v) is 10.2. The Balaban J connectivity index is 0.000000630. The van der Waals surface area contributed by atoms with Gasteiger partial charge in [0.2, 0.25) is 0 Å². The number of rotatable bonds is 0. The predicted octanol–water partition coefficient (Wildman–Crippen LogP) is 8.03. The highest BCUT2D eigenvalue weighted by atomic mass is 16.5. The van der Waals surface area contributed by atoms with E-state index >= 15 is 0 Å². The van der Waals surface area contributed by atoms with E-state index in [1.54, 1.807) is 0 Å². The number of nitrogens with zero attached hydrogens (tertiary/aromatic N) is 1. The molecule has 0 aliphatic heterocycles. The number of carbonyl (C=O) groups is 2. The molecule has 0 spiro atoms. The normalized spacial score (nSPS) is 41.6. The number of hydrogen-bond donors (Lipinski definition) is 1. The molecule has 7 atom stereocenters. The van der Waals surface area contributed by atoms with Gasteiger partial charge in [-0.2, -0.15) is 0 Å². The summed E-state index contributed by atoms with van der Waals surface area (Å²) in [5.41, 5.74) is 3.51. The first-order valence-corrected chi connectivity index (χ1v) is 15.0. The minimum Gasteiger partial charge on any atom is -0.483 e. The van der Waals surface area contributed by atoms with Crippen LogP contribution in [0, 0.1) is 45.3 Å². The van der Waals surface area contributed by atoms with Crippen LogP contribution in [0.5, 0.6) is 0 Å². The lowest BCUT2D eigenvalue weighted by Gasteiger charge is -2.65. The molecule has 0 bridgehead atoms. The van der Waals surface area contributed by atoms with Crippen LogP contribution in [0.25, 0.3) is 0 Å². The second-order valence-corrected chi connectivity index (χ2v) is 14.9. The van der Waals surface area contributed by atoms with Gasteiger partial charge in [-0.1, -0.05) is 73.0 Å². The molecule has 1 aromatic heterocycles. The van der Waals surface area contributed by atoms with Gasteiger partial charge in [-0.3, -0.25) is 9.59 Å². The van der Waals surface area contributed by atoms with E-state index in [4.69, 9.17) is 14.4 Å². The molecular weight excluding hydrogens is 474 g/mol. The number of allylic oxidation sites excluding steroid dienone is 2. The van der Waals surface area contributed by atoms with Gasteiger partial charge < -0.3 is 9.63 Å². The lowest BCUT2D eigenvalue weighted by atomic mass is 9.38. The number of ketones is 1. The first-order chi connectivity index (χ1) is 17.7. The van der Waals surface area contributed by atoms with E-state index in [-0.39, 0.29) is 28.6 Å². The van der Waals surface area contributed by atoms with Crippen molar-refractivity contribution < 1.29 is 19.2 Å². The molecule has 0 aromatic carbocycles. The van der Waals surface area contributed by atoms with Gasteiger partial charge in [0, 0.05) is 16.9 Å². The molecule has 1 N–H and O–H groups in total. The molecule has 3 saturated carbocycles. The Labute approximate surface area is 230 Å². The van der Waals surface area contributed by atoms with E-state index < -0.39 is 0 Å². The molecule has 0 amide bonds. The fraction of sp³-hybridized carbons (Fsp3) is 0.788. The standard InChI is InChI=1S/C30H43NO2.C2H6.CH2O2/c1-26(2)12-13-28(5)10-8-19-24(20(28)16-26)21(32)14-23-29(19,6)11-9-22-27(3,4)25-18(17-31-33-25)15-30(22,23)7;1-2;2-1-3/h14,17,19-20,22,24H,8-13,15-16H2,1-7H3;1-2H3;1H,(H,2,3). The van der Waals surface area contributed by atoms with Gasteiger partial charge >= 0.3 is 0 Å². The Morgan fingerprint density at radius 3 is 2.26 bits per heavy atom. The number of carbonyl (C=O) groups excluding carboxylic acids is 1. The molecule has 3 fully saturated rings. The summed E-state index contributed by atoms with van der Waals surface area (Å²) in [6, 6.07) is 0. The summed E-state index contributed by atoms with van der Waals surface area (Å²) in [7, 11) is 0. The van der Waals surface area contributed by atoms with Gasteiger partial charge in [0.1, 0.15) is 5.76 Å². The Morgan fingerprint density at radius 1 is 0.947 bits per heavy atom. The highest BCUT2D eigenvalue weighted by Crippen LogP contribution is 2.70. The third-order valence-electron chi connectivity index (χ3n) is 12.0.